The van der Waals surface area contributed by atoms with Gasteiger partial charge in [0.05, 0.1) is 25.0 Å². The van der Waals surface area contributed by atoms with E-state index in [0.29, 0.717) is 39.1 Å². The minimum atomic E-state index is -3.39. The highest BCUT2D eigenvalue weighted by Gasteiger charge is 2.52. The fourth-order valence-corrected chi connectivity index (χ4v) is 4.34. The van der Waals surface area contributed by atoms with Crippen molar-refractivity contribution in [2.45, 2.75) is 43.7 Å². The number of carbonyl (C=O) groups excluding carboxylic acids is 1. The summed E-state index contributed by atoms with van der Waals surface area (Å²) in [5.74, 6) is 0.450. The highest BCUT2D eigenvalue weighted by atomic mass is 32.2. The van der Waals surface area contributed by atoms with Gasteiger partial charge in [0, 0.05) is 12.8 Å². The van der Waals surface area contributed by atoms with Crippen LogP contribution in [0.5, 0.6) is 0 Å². The number of fused-ring (bicyclic) bond motifs is 1. The average Bonchev–Trinajstić information content (AvgIpc) is 2.76. The Labute approximate surface area is 123 Å². The molecule has 21 heavy (non-hydrogen) atoms. The third-order valence-corrected chi connectivity index (χ3v) is 6.44. The van der Waals surface area contributed by atoms with Gasteiger partial charge in [0.2, 0.25) is 5.91 Å². The fraction of sp³-hybridized carbons (Fsp3) is 0.692. The first-order valence-corrected chi connectivity index (χ1v) is 8.92. The van der Waals surface area contributed by atoms with Crippen LogP contribution in [0.4, 0.5) is 0 Å². The average molecular weight is 313 g/mol. The lowest BCUT2D eigenvalue weighted by Gasteiger charge is -2.38. The number of nitrogens with zero attached hydrogens (tertiary/aromatic N) is 2. The van der Waals surface area contributed by atoms with Crippen LogP contribution in [-0.2, 0) is 39.1 Å². The van der Waals surface area contributed by atoms with Crippen LogP contribution in [0.25, 0.3) is 0 Å². The van der Waals surface area contributed by atoms with E-state index in [1.165, 1.54) is 0 Å². The van der Waals surface area contributed by atoms with Crippen molar-refractivity contribution in [3.8, 4) is 0 Å². The maximum absolute atomic E-state index is 12.3. The molecule has 0 bridgehead atoms. The van der Waals surface area contributed by atoms with Gasteiger partial charge in [0.15, 0.2) is 9.84 Å². The van der Waals surface area contributed by atoms with E-state index in [4.69, 9.17) is 4.74 Å². The third-order valence-electron chi connectivity index (χ3n) is 4.43. The van der Waals surface area contributed by atoms with Crippen molar-refractivity contribution in [3.63, 3.8) is 0 Å². The zero-order chi connectivity index (χ0) is 15.1. The lowest BCUT2D eigenvalue weighted by molar-refractivity contribution is -0.125. The molecular weight excluding hydrogens is 294 g/mol. The highest BCUT2D eigenvalue weighted by molar-refractivity contribution is 7.93. The first-order valence-electron chi connectivity index (χ1n) is 7.03. The molecule has 0 spiro atoms. The van der Waals surface area contributed by atoms with Crippen LogP contribution in [0.2, 0.25) is 0 Å². The molecule has 2 aliphatic rings. The topological polar surface area (TPSA) is 90.3 Å². The van der Waals surface area contributed by atoms with Crippen LogP contribution in [0.15, 0.2) is 6.20 Å². The molecule has 8 heteroatoms. The van der Waals surface area contributed by atoms with Gasteiger partial charge in [-0.15, -0.1) is 0 Å². The molecule has 1 aromatic heterocycles. The standard InChI is InChI=1S/C13H19N3O4S/c1-21(18,19)13(3-2-4-13)12(17)15-8-10-7-14-11-9-20-6-5-16(10)11/h7H,2-6,8-9H2,1H3,(H,15,17). The number of nitrogens with one attached hydrogen (secondary N) is 1. The van der Waals surface area contributed by atoms with Gasteiger partial charge in [0.1, 0.15) is 17.2 Å². The molecular formula is C13H19N3O4S. The largest absolute Gasteiger partial charge is 0.372 e. The van der Waals surface area contributed by atoms with Crippen LogP contribution in [0.3, 0.4) is 0 Å². The second-order valence-corrected chi connectivity index (χ2v) is 8.00. The Morgan fingerprint density at radius 1 is 1.52 bits per heavy atom. The minimum absolute atomic E-state index is 0.295. The molecule has 1 N–H and O–H groups in total. The van der Waals surface area contributed by atoms with Crippen molar-refractivity contribution >= 4 is 15.7 Å². The Kier molecular flexibility index (Phi) is 3.53. The number of imidazole rings is 1. The quantitative estimate of drug-likeness (QED) is 0.845. The van der Waals surface area contributed by atoms with Crippen LogP contribution < -0.4 is 5.32 Å². The summed E-state index contributed by atoms with van der Waals surface area (Å²) in [6.45, 7) is 2.10. The van der Waals surface area contributed by atoms with Gasteiger partial charge in [-0.3, -0.25) is 4.79 Å². The lowest BCUT2D eigenvalue weighted by Crippen LogP contribution is -2.56. The number of aromatic nitrogens is 2. The van der Waals surface area contributed by atoms with Gasteiger partial charge < -0.3 is 14.6 Å². The second kappa shape index (κ2) is 5.10. The van der Waals surface area contributed by atoms with E-state index >= 15 is 0 Å². The van der Waals surface area contributed by atoms with E-state index in [1.54, 1.807) is 6.20 Å². The predicted molar refractivity (Wildman–Crippen MR) is 75.2 cm³/mol. The summed E-state index contributed by atoms with van der Waals surface area (Å²) in [6.07, 6.45) is 4.45. The molecule has 1 aromatic rings. The minimum Gasteiger partial charge on any atom is -0.372 e. The first-order chi connectivity index (χ1) is 9.94. The number of hydrogen-bond acceptors (Lipinski definition) is 5. The van der Waals surface area contributed by atoms with Crippen LogP contribution in [-0.4, -0.2) is 41.5 Å². The molecule has 2 heterocycles. The smallest absolute Gasteiger partial charge is 0.241 e. The fourth-order valence-electron chi connectivity index (χ4n) is 2.90. The third kappa shape index (κ3) is 2.36. The second-order valence-electron chi connectivity index (χ2n) is 5.67. The molecule has 0 aromatic carbocycles. The van der Waals surface area contributed by atoms with Crippen LogP contribution in [0.1, 0.15) is 30.8 Å². The molecule has 1 saturated carbocycles. The Hall–Kier alpha value is -1.41. The molecule has 1 fully saturated rings. The van der Waals surface area contributed by atoms with E-state index in [9.17, 15) is 13.2 Å². The zero-order valence-corrected chi connectivity index (χ0v) is 12.8. The van der Waals surface area contributed by atoms with E-state index in [0.717, 1.165) is 24.2 Å². The Morgan fingerprint density at radius 3 is 2.90 bits per heavy atom. The number of ether oxygens (including phenoxy) is 1. The SMILES string of the molecule is CS(=O)(=O)C1(C(=O)NCc2cnc3n2CCOC3)CCC1. The maximum Gasteiger partial charge on any atom is 0.241 e. The Bertz CT molecular complexity index is 661. The van der Waals surface area contributed by atoms with Crippen LogP contribution >= 0.6 is 0 Å². The van der Waals surface area contributed by atoms with E-state index in [2.05, 4.69) is 10.3 Å². The normalized spacial score (nSPS) is 20.4. The van der Waals surface area contributed by atoms with Gasteiger partial charge >= 0.3 is 0 Å². The van der Waals surface area contributed by atoms with Crippen molar-refractivity contribution in [1.29, 1.82) is 0 Å². The van der Waals surface area contributed by atoms with E-state index in [-0.39, 0.29) is 5.91 Å². The lowest BCUT2D eigenvalue weighted by atomic mass is 9.83. The first kappa shape index (κ1) is 14.5. The van der Waals surface area contributed by atoms with Crippen molar-refractivity contribution in [2.75, 3.05) is 12.9 Å². The summed E-state index contributed by atoms with van der Waals surface area (Å²) in [6, 6.07) is 0. The van der Waals surface area contributed by atoms with Crippen molar-refractivity contribution in [2.24, 2.45) is 0 Å². The Balaban J connectivity index is 1.71. The zero-order valence-electron chi connectivity index (χ0n) is 12.0. The van der Waals surface area contributed by atoms with Crippen LogP contribution in [0, 0.1) is 0 Å². The maximum atomic E-state index is 12.3. The van der Waals surface area contributed by atoms with Crippen molar-refractivity contribution in [3.05, 3.63) is 17.7 Å². The molecule has 1 aliphatic carbocycles. The number of hydrogen-bond donors (Lipinski definition) is 1. The van der Waals surface area contributed by atoms with Crippen molar-refractivity contribution < 1.29 is 17.9 Å². The number of sulfone groups is 1. The molecule has 1 aliphatic heterocycles. The molecule has 0 radical (unpaired) electrons. The molecule has 1 amide bonds. The van der Waals surface area contributed by atoms with Gasteiger partial charge in [-0.1, -0.05) is 0 Å². The summed E-state index contributed by atoms with van der Waals surface area (Å²) < 4.78 is 29.9. The van der Waals surface area contributed by atoms with Gasteiger partial charge in [0.25, 0.3) is 0 Å². The molecule has 0 unspecified atom stereocenters. The summed E-state index contributed by atoms with van der Waals surface area (Å²) >= 11 is 0. The number of carbonyl (C=O) groups is 1. The molecule has 7 nitrogen and oxygen atoms in total. The van der Waals surface area contributed by atoms with E-state index < -0.39 is 14.6 Å². The number of amides is 1. The predicted octanol–water partition coefficient (Wildman–Crippen LogP) is -0.00320. The molecule has 0 atom stereocenters. The molecule has 116 valence electrons. The number of rotatable bonds is 4. The molecule has 0 saturated heterocycles. The summed E-state index contributed by atoms with van der Waals surface area (Å²) in [5.41, 5.74) is 0.879. The van der Waals surface area contributed by atoms with Gasteiger partial charge in [-0.05, 0) is 19.3 Å². The van der Waals surface area contributed by atoms with E-state index in [1.807, 2.05) is 4.57 Å². The summed E-state index contributed by atoms with van der Waals surface area (Å²) in [5, 5.41) is 2.76. The summed E-state index contributed by atoms with van der Waals surface area (Å²) in [7, 11) is -3.39. The van der Waals surface area contributed by atoms with Gasteiger partial charge in [-0.25, -0.2) is 13.4 Å². The monoisotopic (exact) mass is 313 g/mol. The van der Waals surface area contributed by atoms with Crippen molar-refractivity contribution in [1.82, 2.24) is 14.9 Å². The molecule has 3 rings (SSSR count). The summed E-state index contributed by atoms with van der Waals surface area (Å²) in [4.78, 5) is 16.6. The Morgan fingerprint density at radius 2 is 2.29 bits per heavy atom. The van der Waals surface area contributed by atoms with Gasteiger partial charge in [-0.2, -0.15) is 0 Å². The highest BCUT2D eigenvalue weighted by Crippen LogP contribution is 2.39.